The van der Waals surface area contributed by atoms with Gasteiger partial charge in [0, 0.05) is 36.2 Å². The zero-order chi connectivity index (χ0) is 27.2. The van der Waals surface area contributed by atoms with E-state index in [-0.39, 0.29) is 29.6 Å². The third-order valence-corrected chi connectivity index (χ3v) is 6.66. The van der Waals surface area contributed by atoms with Crippen molar-refractivity contribution in [1.82, 2.24) is 14.9 Å². The van der Waals surface area contributed by atoms with Crippen molar-refractivity contribution in [2.75, 3.05) is 11.8 Å². The van der Waals surface area contributed by atoms with E-state index in [2.05, 4.69) is 10.3 Å². The molecule has 0 fully saturated rings. The van der Waals surface area contributed by atoms with E-state index < -0.39 is 44.3 Å². The van der Waals surface area contributed by atoms with Crippen molar-refractivity contribution < 1.29 is 39.6 Å². The number of amides is 1. The number of pyridine rings is 1. The van der Waals surface area contributed by atoms with Gasteiger partial charge in [-0.25, -0.2) is 8.42 Å². The first-order valence-corrected chi connectivity index (χ1v) is 11.8. The minimum Gasteiger partial charge on any atom is -0.354 e. The summed E-state index contributed by atoms with van der Waals surface area (Å²) < 4.78 is 108. The minimum atomic E-state index is -5.20. The summed E-state index contributed by atoms with van der Waals surface area (Å²) in [6, 6.07) is 9.06. The fourth-order valence-electron chi connectivity index (χ4n) is 3.55. The maximum Gasteiger partial charge on any atom is 0.416 e. The Hall–Kier alpha value is -4.07. The van der Waals surface area contributed by atoms with E-state index >= 15 is 0 Å². The van der Waals surface area contributed by atoms with Crippen molar-refractivity contribution in [2.24, 2.45) is 0 Å². The number of anilines is 1. The van der Waals surface area contributed by atoms with Crippen LogP contribution in [0, 0.1) is 0 Å². The molecule has 7 nitrogen and oxygen atoms in total. The fourth-order valence-corrected chi connectivity index (χ4v) is 4.67. The van der Waals surface area contributed by atoms with Gasteiger partial charge in [0.2, 0.25) is 0 Å². The van der Waals surface area contributed by atoms with Crippen LogP contribution in [0.15, 0.2) is 71.9 Å². The molecule has 2 aromatic carbocycles. The van der Waals surface area contributed by atoms with E-state index in [0.29, 0.717) is 16.6 Å². The monoisotopic (exact) mass is 542 g/mol. The Morgan fingerprint density at radius 2 is 1.54 bits per heavy atom. The maximum atomic E-state index is 13.1. The lowest BCUT2D eigenvalue weighted by Gasteiger charge is -2.15. The molecular weight excluding hydrogens is 526 g/mol. The molecule has 0 atom stereocenters. The number of carbonyl (C=O) groups excluding carboxylic acids is 1. The van der Waals surface area contributed by atoms with Gasteiger partial charge < -0.3 is 9.88 Å². The fraction of sp³-hybridized carbons (Fsp3) is 0.130. The van der Waals surface area contributed by atoms with Gasteiger partial charge in [-0.05, 0) is 54.6 Å². The Kier molecular flexibility index (Phi) is 6.40. The van der Waals surface area contributed by atoms with Crippen LogP contribution in [-0.2, 0) is 22.4 Å². The molecule has 0 bridgehead atoms. The molecule has 2 aromatic heterocycles. The summed E-state index contributed by atoms with van der Waals surface area (Å²) in [6.45, 7) is 0. The Labute approximate surface area is 205 Å². The van der Waals surface area contributed by atoms with Gasteiger partial charge in [0.25, 0.3) is 15.9 Å². The van der Waals surface area contributed by atoms with Crippen LogP contribution in [0.5, 0.6) is 0 Å². The molecule has 2 N–H and O–H groups in total. The molecule has 0 saturated heterocycles. The summed E-state index contributed by atoms with van der Waals surface area (Å²) in [6.07, 6.45) is -7.33. The second kappa shape index (κ2) is 9.10. The van der Waals surface area contributed by atoms with Crippen LogP contribution in [0.4, 0.5) is 32.0 Å². The van der Waals surface area contributed by atoms with Crippen LogP contribution < -0.4 is 10.0 Å². The minimum absolute atomic E-state index is 0.0861. The molecule has 2 heterocycles. The molecule has 14 heteroatoms. The highest BCUT2D eigenvalue weighted by Gasteiger charge is 2.38. The van der Waals surface area contributed by atoms with E-state index in [9.17, 15) is 39.6 Å². The first-order chi connectivity index (χ1) is 17.2. The molecule has 0 spiro atoms. The predicted molar refractivity (Wildman–Crippen MR) is 122 cm³/mol. The Balaban J connectivity index is 1.70. The van der Waals surface area contributed by atoms with Crippen molar-refractivity contribution in [1.29, 1.82) is 0 Å². The van der Waals surface area contributed by atoms with Gasteiger partial charge in [-0.2, -0.15) is 26.3 Å². The maximum absolute atomic E-state index is 13.1. The van der Waals surface area contributed by atoms with Crippen LogP contribution in [-0.4, -0.2) is 30.9 Å². The second-order valence-electron chi connectivity index (χ2n) is 7.78. The Morgan fingerprint density at radius 3 is 2.14 bits per heavy atom. The van der Waals surface area contributed by atoms with Crippen LogP contribution >= 0.6 is 0 Å². The number of carbonyl (C=O) groups is 1. The van der Waals surface area contributed by atoms with Crippen LogP contribution in [0.1, 0.15) is 21.6 Å². The Morgan fingerprint density at radius 1 is 0.892 bits per heavy atom. The van der Waals surface area contributed by atoms with Crippen molar-refractivity contribution in [3.05, 3.63) is 83.8 Å². The highest BCUT2D eigenvalue weighted by atomic mass is 32.2. The highest BCUT2D eigenvalue weighted by Crippen LogP contribution is 2.37. The van der Waals surface area contributed by atoms with Crippen LogP contribution in [0.25, 0.3) is 16.6 Å². The van der Waals surface area contributed by atoms with Crippen molar-refractivity contribution in [2.45, 2.75) is 17.2 Å². The highest BCUT2D eigenvalue weighted by molar-refractivity contribution is 7.92. The predicted octanol–water partition coefficient (Wildman–Crippen LogP) is 5.22. The number of nitrogens with one attached hydrogen (secondary N) is 2. The normalized spacial score (nSPS) is 12.5. The summed E-state index contributed by atoms with van der Waals surface area (Å²) in [4.78, 5) is 14.7. The summed E-state index contributed by atoms with van der Waals surface area (Å²) in [7, 11) is -3.37. The lowest BCUT2D eigenvalue weighted by Crippen LogP contribution is -2.19. The van der Waals surface area contributed by atoms with Gasteiger partial charge in [-0.3, -0.25) is 14.5 Å². The van der Waals surface area contributed by atoms with Crippen LogP contribution in [0.2, 0.25) is 0 Å². The number of hydrogen-bond acceptors (Lipinski definition) is 4. The number of nitrogens with zero attached hydrogens (tertiary/aromatic N) is 2. The summed E-state index contributed by atoms with van der Waals surface area (Å²) in [5.74, 6) is -0.404. The number of sulfonamides is 1. The first-order valence-electron chi connectivity index (χ1n) is 10.3. The summed E-state index contributed by atoms with van der Waals surface area (Å²) >= 11 is 0. The van der Waals surface area contributed by atoms with E-state index in [1.165, 1.54) is 37.5 Å². The number of rotatable bonds is 5. The molecule has 4 aromatic rings. The number of aromatic nitrogens is 2. The third-order valence-electron chi connectivity index (χ3n) is 5.30. The van der Waals surface area contributed by atoms with E-state index in [0.717, 1.165) is 0 Å². The third kappa shape index (κ3) is 5.38. The average molecular weight is 542 g/mol. The average Bonchev–Trinajstić information content (AvgIpc) is 3.25. The molecule has 0 unspecified atom stereocenters. The van der Waals surface area contributed by atoms with E-state index in [4.69, 9.17) is 0 Å². The topological polar surface area (TPSA) is 93.1 Å². The van der Waals surface area contributed by atoms with Crippen molar-refractivity contribution >= 4 is 32.5 Å². The number of hydrogen-bond donors (Lipinski definition) is 2. The number of halogens is 6. The molecular formula is C23H16F6N4O3S. The van der Waals surface area contributed by atoms with E-state index in [1.807, 2.05) is 4.72 Å². The number of alkyl halides is 6. The lowest BCUT2D eigenvalue weighted by atomic mass is 10.1. The summed E-state index contributed by atoms with van der Waals surface area (Å²) in [5, 5.41) is 2.95. The van der Waals surface area contributed by atoms with Crippen molar-refractivity contribution in [3.8, 4) is 5.69 Å². The number of fused-ring (bicyclic) bond motifs is 1. The lowest BCUT2D eigenvalue weighted by molar-refractivity contribution is -0.143. The summed E-state index contributed by atoms with van der Waals surface area (Å²) in [5.41, 5.74) is -2.27. The zero-order valence-corrected chi connectivity index (χ0v) is 19.5. The molecule has 0 aliphatic carbocycles. The molecule has 1 amide bonds. The Bertz CT molecular complexity index is 1580. The molecule has 194 valence electrons. The van der Waals surface area contributed by atoms with Gasteiger partial charge in [-0.15, -0.1) is 0 Å². The van der Waals surface area contributed by atoms with Gasteiger partial charge in [-0.1, -0.05) is 0 Å². The molecule has 0 saturated carbocycles. The van der Waals surface area contributed by atoms with Gasteiger partial charge in [0.15, 0.2) is 0 Å². The standard InChI is InChI=1S/C23H16F6N4O3S/c1-30-21(34)19-12-17(4-6-31-19)33-7-5-13-8-16(2-3-20(13)33)32-37(35,36)18-10-14(22(24,25)26)9-15(11-18)23(27,28)29/h2-12,32H,1H3,(H,30,34). The van der Waals surface area contributed by atoms with Crippen LogP contribution in [0.3, 0.4) is 0 Å². The zero-order valence-electron chi connectivity index (χ0n) is 18.6. The smallest absolute Gasteiger partial charge is 0.354 e. The SMILES string of the molecule is CNC(=O)c1cc(-n2ccc3cc(NS(=O)(=O)c4cc(C(F)(F)F)cc(C(F)(F)F)c4)ccc32)ccn1. The van der Waals surface area contributed by atoms with Crippen molar-refractivity contribution in [3.63, 3.8) is 0 Å². The first kappa shape index (κ1) is 26.0. The number of benzene rings is 2. The molecule has 4 rings (SSSR count). The van der Waals surface area contributed by atoms with E-state index in [1.54, 1.807) is 22.9 Å². The largest absolute Gasteiger partial charge is 0.416 e. The van der Waals surface area contributed by atoms with Gasteiger partial charge in [0.1, 0.15) is 5.69 Å². The van der Waals surface area contributed by atoms with Gasteiger partial charge in [0.05, 0.1) is 21.5 Å². The molecule has 0 radical (unpaired) electrons. The quantitative estimate of drug-likeness (QED) is 0.338. The molecule has 37 heavy (non-hydrogen) atoms. The molecule has 0 aliphatic rings. The molecule has 0 aliphatic heterocycles. The van der Waals surface area contributed by atoms with Gasteiger partial charge >= 0.3 is 12.4 Å². The second-order valence-corrected chi connectivity index (χ2v) is 9.47.